The van der Waals surface area contributed by atoms with Gasteiger partial charge in [-0.25, -0.2) is 0 Å². The molecular weight excluding hydrogens is 250 g/mol. The number of benzene rings is 1. The molecule has 18 heavy (non-hydrogen) atoms. The molecular formula is C13H20ClN3O. The van der Waals surface area contributed by atoms with E-state index in [9.17, 15) is 0 Å². The molecule has 1 heterocycles. The standard InChI is InChI=1S/C13H20ClN3O/c14-12-2-1-11(10-15)13(9-12)17-5-3-16(4-6-17)7-8-18/h1-2,9,18H,3-8,10,15H2. The van der Waals surface area contributed by atoms with Gasteiger partial charge in [0, 0.05) is 50.0 Å². The lowest BCUT2D eigenvalue weighted by atomic mass is 10.1. The number of nitrogens with two attached hydrogens (primary N) is 1. The van der Waals surface area contributed by atoms with Gasteiger partial charge in [0.1, 0.15) is 0 Å². The maximum Gasteiger partial charge on any atom is 0.0558 e. The zero-order chi connectivity index (χ0) is 13.0. The van der Waals surface area contributed by atoms with Crippen LogP contribution >= 0.6 is 11.6 Å². The Bertz CT molecular complexity index is 392. The van der Waals surface area contributed by atoms with Crippen molar-refractivity contribution in [2.24, 2.45) is 5.73 Å². The van der Waals surface area contributed by atoms with Gasteiger partial charge >= 0.3 is 0 Å². The average molecular weight is 270 g/mol. The molecule has 1 fully saturated rings. The van der Waals surface area contributed by atoms with Crippen LogP contribution in [0.3, 0.4) is 0 Å². The highest BCUT2D eigenvalue weighted by atomic mass is 35.5. The summed E-state index contributed by atoms with van der Waals surface area (Å²) in [6.07, 6.45) is 0. The number of anilines is 1. The second-order valence-corrected chi connectivity index (χ2v) is 4.97. The first-order valence-corrected chi connectivity index (χ1v) is 6.69. The SMILES string of the molecule is NCc1ccc(Cl)cc1N1CCN(CCO)CC1. The minimum Gasteiger partial charge on any atom is -0.395 e. The molecule has 0 bridgehead atoms. The summed E-state index contributed by atoms with van der Waals surface area (Å²) < 4.78 is 0. The molecule has 0 radical (unpaired) electrons. The molecule has 0 atom stereocenters. The van der Waals surface area contributed by atoms with Crippen molar-refractivity contribution in [3.8, 4) is 0 Å². The Labute approximate surface area is 113 Å². The Hall–Kier alpha value is -0.810. The van der Waals surface area contributed by atoms with Crippen molar-refractivity contribution in [3.63, 3.8) is 0 Å². The molecule has 1 aliphatic rings. The summed E-state index contributed by atoms with van der Waals surface area (Å²) in [6.45, 7) is 5.36. The maximum atomic E-state index is 8.93. The summed E-state index contributed by atoms with van der Waals surface area (Å²) in [7, 11) is 0. The molecule has 0 unspecified atom stereocenters. The molecule has 100 valence electrons. The topological polar surface area (TPSA) is 52.7 Å². The molecule has 1 saturated heterocycles. The molecule has 0 spiro atoms. The van der Waals surface area contributed by atoms with Gasteiger partial charge in [0.25, 0.3) is 0 Å². The van der Waals surface area contributed by atoms with Crippen molar-refractivity contribution in [3.05, 3.63) is 28.8 Å². The number of β-amino-alcohol motifs (C(OH)–C–C–N with tert-alkyl or cyclic N) is 1. The second-order valence-electron chi connectivity index (χ2n) is 4.53. The highest BCUT2D eigenvalue weighted by molar-refractivity contribution is 6.30. The van der Waals surface area contributed by atoms with Gasteiger partial charge in [-0.05, 0) is 17.7 Å². The monoisotopic (exact) mass is 269 g/mol. The van der Waals surface area contributed by atoms with E-state index >= 15 is 0 Å². The molecule has 5 heteroatoms. The molecule has 2 rings (SSSR count). The predicted molar refractivity (Wildman–Crippen MR) is 75.1 cm³/mol. The number of piperazine rings is 1. The highest BCUT2D eigenvalue weighted by Crippen LogP contribution is 2.25. The first kappa shape index (κ1) is 13.6. The van der Waals surface area contributed by atoms with Crippen LogP contribution in [0, 0.1) is 0 Å². The van der Waals surface area contributed by atoms with Crippen LogP contribution in [0.2, 0.25) is 5.02 Å². The third-order valence-electron chi connectivity index (χ3n) is 3.40. The van der Waals surface area contributed by atoms with E-state index < -0.39 is 0 Å². The van der Waals surface area contributed by atoms with Crippen molar-refractivity contribution >= 4 is 17.3 Å². The lowest BCUT2D eigenvalue weighted by molar-refractivity contribution is 0.188. The fourth-order valence-electron chi connectivity index (χ4n) is 2.36. The van der Waals surface area contributed by atoms with Crippen LogP contribution in [-0.4, -0.2) is 49.3 Å². The lowest BCUT2D eigenvalue weighted by Gasteiger charge is -2.36. The minimum atomic E-state index is 0.227. The molecule has 0 aromatic heterocycles. The summed E-state index contributed by atoms with van der Waals surface area (Å²) in [6, 6.07) is 5.87. The normalized spacial score (nSPS) is 17.2. The van der Waals surface area contributed by atoms with Crippen LogP contribution in [0.15, 0.2) is 18.2 Å². The minimum absolute atomic E-state index is 0.227. The molecule has 0 aliphatic carbocycles. The quantitative estimate of drug-likeness (QED) is 0.853. The van der Waals surface area contributed by atoms with E-state index in [-0.39, 0.29) is 6.61 Å². The molecule has 1 aromatic rings. The lowest BCUT2D eigenvalue weighted by Crippen LogP contribution is -2.47. The number of halogens is 1. The predicted octanol–water partition coefficient (Wildman–Crippen LogP) is 0.913. The number of aliphatic hydroxyl groups excluding tert-OH is 1. The van der Waals surface area contributed by atoms with Gasteiger partial charge in [-0.1, -0.05) is 17.7 Å². The highest BCUT2D eigenvalue weighted by Gasteiger charge is 2.18. The van der Waals surface area contributed by atoms with Gasteiger partial charge in [-0.2, -0.15) is 0 Å². The van der Waals surface area contributed by atoms with Gasteiger partial charge < -0.3 is 15.7 Å². The summed E-state index contributed by atoms with van der Waals surface area (Å²) in [5, 5.41) is 9.68. The zero-order valence-corrected chi connectivity index (χ0v) is 11.2. The van der Waals surface area contributed by atoms with Crippen LogP contribution < -0.4 is 10.6 Å². The van der Waals surface area contributed by atoms with E-state index in [1.165, 1.54) is 0 Å². The molecule has 0 saturated carbocycles. The number of aliphatic hydroxyl groups is 1. The summed E-state index contributed by atoms with van der Waals surface area (Å²) in [5.41, 5.74) is 8.05. The van der Waals surface area contributed by atoms with E-state index in [1.807, 2.05) is 18.2 Å². The molecule has 4 nitrogen and oxygen atoms in total. The van der Waals surface area contributed by atoms with E-state index in [2.05, 4.69) is 9.80 Å². The molecule has 0 amide bonds. The van der Waals surface area contributed by atoms with Crippen molar-refractivity contribution < 1.29 is 5.11 Å². The van der Waals surface area contributed by atoms with E-state index in [0.717, 1.165) is 49.0 Å². The van der Waals surface area contributed by atoms with E-state index in [0.29, 0.717) is 6.54 Å². The average Bonchev–Trinajstić information content (AvgIpc) is 2.40. The number of nitrogens with zero attached hydrogens (tertiary/aromatic N) is 2. The van der Waals surface area contributed by atoms with Gasteiger partial charge in [0.05, 0.1) is 6.61 Å². The van der Waals surface area contributed by atoms with Crippen LogP contribution in [0.4, 0.5) is 5.69 Å². The molecule has 1 aromatic carbocycles. The van der Waals surface area contributed by atoms with Crippen LogP contribution in [-0.2, 0) is 6.54 Å². The van der Waals surface area contributed by atoms with Gasteiger partial charge in [0.15, 0.2) is 0 Å². The first-order chi connectivity index (χ1) is 8.74. The largest absolute Gasteiger partial charge is 0.395 e. The van der Waals surface area contributed by atoms with E-state index in [4.69, 9.17) is 22.4 Å². The number of hydrogen-bond acceptors (Lipinski definition) is 4. The maximum absolute atomic E-state index is 8.93. The van der Waals surface area contributed by atoms with Crippen LogP contribution in [0.5, 0.6) is 0 Å². The van der Waals surface area contributed by atoms with E-state index in [1.54, 1.807) is 0 Å². The second kappa shape index (κ2) is 6.38. The van der Waals surface area contributed by atoms with Gasteiger partial charge in [-0.3, -0.25) is 4.90 Å². The van der Waals surface area contributed by atoms with Crippen molar-refractivity contribution in [2.75, 3.05) is 44.2 Å². The zero-order valence-electron chi connectivity index (χ0n) is 10.5. The van der Waals surface area contributed by atoms with Crippen LogP contribution in [0.25, 0.3) is 0 Å². The summed E-state index contributed by atoms with van der Waals surface area (Å²) in [4.78, 5) is 4.59. The van der Waals surface area contributed by atoms with Gasteiger partial charge in [0.2, 0.25) is 0 Å². The van der Waals surface area contributed by atoms with Crippen molar-refractivity contribution in [1.82, 2.24) is 4.90 Å². The number of hydrogen-bond donors (Lipinski definition) is 2. The Morgan fingerprint density at radius 1 is 1.22 bits per heavy atom. The first-order valence-electron chi connectivity index (χ1n) is 6.31. The fourth-order valence-corrected chi connectivity index (χ4v) is 2.52. The summed E-state index contributed by atoms with van der Waals surface area (Å²) in [5.74, 6) is 0. The van der Waals surface area contributed by atoms with Crippen molar-refractivity contribution in [1.29, 1.82) is 0 Å². The third kappa shape index (κ3) is 3.14. The Morgan fingerprint density at radius 3 is 2.56 bits per heavy atom. The Morgan fingerprint density at radius 2 is 1.94 bits per heavy atom. The van der Waals surface area contributed by atoms with Crippen molar-refractivity contribution in [2.45, 2.75) is 6.54 Å². The molecule has 1 aliphatic heterocycles. The third-order valence-corrected chi connectivity index (χ3v) is 3.63. The smallest absolute Gasteiger partial charge is 0.0558 e. The molecule has 3 N–H and O–H groups in total. The Balaban J connectivity index is 2.06. The van der Waals surface area contributed by atoms with Gasteiger partial charge in [-0.15, -0.1) is 0 Å². The Kier molecular flexibility index (Phi) is 4.83. The van der Waals surface area contributed by atoms with Crippen LogP contribution in [0.1, 0.15) is 5.56 Å². The number of rotatable bonds is 4. The summed E-state index contributed by atoms with van der Waals surface area (Å²) >= 11 is 6.06. The fraction of sp³-hybridized carbons (Fsp3) is 0.538.